The lowest BCUT2D eigenvalue weighted by Crippen LogP contribution is -2.07. The topological polar surface area (TPSA) is 3.24 Å². The second kappa shape index (κ2) is 5.40. The van der Waals surface area contributed by atoms with Crippen molar-refractivity contribution in [2.45, 2.75) is 13.8 Å². The average Bonchev–Trinajstić information content (AvgIpc) is 2.18. The summed E-state index contributed by atoms with van der Waals surface area (Å²) in [6.45, 7) is 4.19. The predicted molar refractivity (Wildman–Crippen MR) is 69.2 cm³/mol. The Hall–Kier alpha value is -1.50. The van der Waals surface area contributed by atoms with E-state index in [1.54, 1.807) is 0 Å². The van der Waals surface area contributed by atoms with E-state index < -0.39 is 0 Å². The van der Waals surface area contributed by atoms with E-state index in [1.807, 2.05) is 14.1 Å². The quantitative estimate of drug-likeness (QED) is 0.673. The second-order valence-corrected chi connectivity index (χ2v) is 4.09. The molecule has 0 unspecified atom stereocenters. The van der Waals surface area contributed by atoms with Crippen molar-refractivity contribution < 1.29 is 0 Å². The van der Waals surface area contributed by atoms with Gasteiger partial charge >= 0.3 is 0 Å². The summed E-state index contributed by atoms with van der Waals surface area (Å²) in [5.41, 5.74) is 3.78. The van der Waals surface area contributed by atoms with Crippen LogP contribution in [0.15, 0.2) is 42.0 Å². The average molecular weight is 201 g/mol. The van der Waals surface area contributed by atoms with Crippen molar-refractivity contribution in [3.05, 3.63) is 47.6 Å². The summed E-state index contributed by atoms with van der Waals surface area (Å²) >= 11 is 0. The van der Waals surface area contributed by atoms with Gasteiger partial charge in [-0.25, -0.2) is 0 Å². The molecule has 1 rings (SSSR count). The van der Waals surface area contributed by atoms with Crippen molar-refractivity contribution in [2.24, 2.45) is 0 Å². The minimum atomic E-state index is 1.23. The van der Waals surface area contributed by atoms with Crippen molar-refractivity contribution in [1.29, 1.82) is 0 Å². The van der Waals surface area contributed by atoms with Gasteiger partial charge in [0.1, 0.15) is 0 Å². The van der Waals surface area contributed by atoms with Crippen LogP contribution < -0.4 is 4.90 Å². The maximum Gasteiger partial charge on any atom is 0.0361 e. The molecule has 0 spiro atoms. The highest BCUT2D eigenvalue weighted by molar-refractivity contribution is 5.56. The molecule has 0 radical (unpaired) electrons. The summed E-state index contributed by atoms with van der Waals surface area (Å²) in [6, 6.07) is 8.51. The molecular weight excluding hydrogens is 182 g/mol. The van der Waals surface area contributed by atoms with Crippen LogP contribution >= 0.6 is 0 Å². The Morgan fingerprint density at radius 3 is 2.13 bits per heavy atom. The van der Waals surface area contributed by atoms with Crippen LogP contribution in [0, 0.1) is 0 Å². The first kappa shape index (κ1) is 11.6. The van der Waals surface area contributed by atoms with E-state index >= 15 is 0 Å². The molecule has 0 N–H and O–H groups in total. The highest BCUT2D eigenvalue weighted by atomic mass is 15.1. The molecule has 0 aliphatic rings. The van der Waals surface area contributed by atoms with E-state index in [2.05, 4.69) is 61.2 Å². The smallest absolute Gasteiger partial charge is 0.0361 e. The zero-order chi connectivity index (χ0) is 11.3. The third-order valence-electron chi connectivity index (χ3n) is 2.13. The molecule has 0 saturated heterocycles. The molecule has 80 valence electrons. The van der Waals surface area contributed by atoms with Crippen molar-refractivity contribution in [1.82, 2.24) is 0 Å². The molecule has 15 heavy (non-hydrogen) atoms. The van der Waals surface area contributed by atoms with E-state index in [1.165, 1.54) is 16.8 Å². The Bertz CT molecular complexity index is 351. The molecule has 0 aromatic heterocycles. The van der Waals surface area contributed by atoms with E-state index in [0.29, 0.717) is 0 Å². The standard InChI is InChI=1S/C14H19N/c1-12(2)6-5-7-13-8-10-14(11-9-13)15(3)4/h5-11H,1-4H3/b7-5-. The lowest BCUT2D eigenvalue weighted by atomic mass is 10.2. The first-order valence-corrected chi connectivity index (χ1v) is 5.18. The number of hydrogen-bond donors (Lipinski definition) is 0. The van der Waals surface area contributed by atoms with Crippen LogP contribution in [-0.2, 0) is 0 Å². The number of nitrogens with zero attached hydrogens (tertiary/aromatic N) is 1. The predicted octanol–water partition coefficient (Wildman–Crippen LogP) is 3.73. The van der Waals surface area contributed by atoms with Crippen molar-refractivity contribution in [3.8, 4) is 0 Å². The van der Waals surface area contributed by atoms with Gasteiger partial charge in [-0.15, -0.1) is 0 Å². The van der Waals surface area contributed by atoms with Crippen LogP contribution in [0.3, 0.4) is 0 Å². The van der Waals surface area contributed by atoms with Gasteiger partial charge in [0.2, 0.25) is 0 Å². The van der Waals surface area contributed by atoms with E-state index in [0.717, 1.165) is 0 Å². The zero-order valence-electron chi connectivity index (χ0n) is 9.99. The molecule has 1 nitrogen and oxygen atoms in total. The summed E-state index contributed by atoms with van der Waals surface area (Å²) in [4.78, 5) is 2.10. The first-order chi connectivity index (χ1) is 7.09. The summed E-state index contributed by atoms with van der Waals surface area (Å²) in [6.07, 6.45) is 6.31. The van der Waals surface area contributed by atoms with Crippen LogP contribution in [0.5, 0.6) is 0 Å². The molecule has 1 aromatic carbocycles. The molecule has 0 heterocycles. The molecule has 0 saturated carbocycles. The largest absolute Gasteiger partial charge is 0.378 e. The minimum Gasteiger partial charge on any atom is -0.378 e. The SMILES string of the molecule is CC(C)=C/C=C\c1ccc(N(C)C)cc1. The van der Waals surface area contributed by atoms with Crippen molar-refractivity contribution in [3.63, 3.8) is 0 Å². The summed E-state index contributed by atoms with van der Waals surface area (Å²) in [7, 11) is 4.10. The Kier molecular flexibility index (Phi) is 4.17. The van der Waals surface area contributed by atoms with Gasteiger partial charge in [-0.2, -0.15) is 0 Å². The molecular formula is C14H19N. The van der Waals surface area contributed by atoms with E-state index in [4.69, 9.17) is 0 Å². The van der Waals surface area contributed by atoms with Crippen LogP contribution in [0.2, 0.25) is 0 Å². The monoisotopic (exact) mass is 201 g/mol. The second-order valence-electron chi connectivity index (χ2n) is 4.09. The Morgan fingerprint density at radius 1 is 1.07 bits per heavy atom. The van der Waals surface area contributed by atoms with E-state index in [9.17, 15) is 0 Å². The number of anilines is 1. The van der Waals surface area contributed by atoms with E-state index in [-0.39, 0.29) is 0 Å². The fraction of sp³-hybridized carbons (Fsp3) is 0.286. The van der Waals surface area contributed by atoms with Gasteiger partial charge in [-0.3, -0.25) is 0 Å². The number of allylic oxidation sites excluding steroid dienone is 3. The summed E-state index contributed by atoms with van der Waals surface area (Å²) < 4.78 is 0. The third kappa shape index (κ3) is 4.03. The number of benzene rings is 1. The number of hydrogen-bond acceptors (Lipinski definition) is 1. The highest BCUT2D eigenvalue weighted by Crippen LogP contribution is 2.13. The number of rotatable bonds is 3. The van der Waals surface area contributed by atoms with Crippen molar-refractivity contribution in [2.75, 3.05) is 19.0 Å². The zero-order valence-corrected chi connectivity index (χ0v) is 9.99. The molecule has 0 fully saturated rings. The molecule has 0 aliphatic heterocycles. The van der Waals surface area contributed by atoms with Crippen LogP contribution in [0.25, 0.3) is 6.08 Å². The van der Waals surface area contributed by atoms with Crippen LogP contribution in [0.4, 0.5) is 5.69 Å². The van der Waals surface area contributed by atoms with Gasteiger partial charge in [0.15, 0.2) is 0 Å². The third-order valence-corrected chi connectivity index (χ3v) is 2.13. The van der Waals surface area contributed by atoms with Gasteiger partial charge in [0, 0.05) is 19.8 Å². The van der Waals surface area contributed by atoms with Gasteiger partial charge in [0.05, 0.1) is 0 Å². The Balaban J connectivity index is 2.73. The molecule has 0 aliphatic carbocycles. The van der Waals surface area contributed by atoms with Gasteiger partial charge in [0.25, 0.3) is 0 Å². The lowest BCUT2D eigenvalue weighted by molar-refractivity contribution is 1.13. The minimum absolute atomic E-state index is 1.23. The van der Waals surface area contributed by atoms with Crippen molar-refractivity contribution >= 4 is 11.8 Å². The summed E-state index contributed by atoms with van der Waals surface area (Å²) in [5.74, 6) is 0. The van der Waals surface area contributed by atoms with Gasteiger partial charge < -0.3 is 4.90 Å². The fourth-order valence-electron chi connectivity index (χ4n) is 1.24. The molecule has 0 amide bonds. The molecule has 0 atom stereocenters. The van der Waals surface area contributed by atoms with Crippen LogP contribution in [-0.4, -0.2) is 14.1 Å². The highest BCUT2D eigenvalue weighted by Gasteiger charge is 1.92. The first-order valence-electron chi connectivity index (χ1n) is 5.18. The maximum absolute atomic E-state index is 2.13. The fourth-order valence-corrected chi connectivity index (χ4v) is 1.24. The molecule has 1 heteroatoms. The Labute approximate surface area is 92.7 Å². The van der Waals surface area contributed by atoms with Gasteiger partial charge in [-0.1, -0.05) is 35.9 Å². The maximum atomic E-state index is 2.13. The molecule has 0 bridgehead atoms. The Morgan fingerprint density at radius 2 is 1.67 bits per heavy atom. The normalized spacial score (nSPS) is 10.4. The summed E-state index contributed by atoms with van der Waals surface area (Å²) in [5, 5.41) is 0. The van der Waals surface area contributed by atoms with Crippen LogP contribution in [0.1, 0.15) is 19.4 Å². The molecule has 1 aromatic rings. The lowest BCUT2D eigenvalue weighted by Gasteiger charge is -2.11. The van der Waals surface area contributed by atoms with Gasteiger partial charge in [-0.05, 0) is 31.5 Å².